The van der Waals surface area contributed by atoms with Crippen LogP contribution in [0.15, 0.2) is 59.5 Å². The molecule has 146 valence electrons. The van der Waals surface area contributed by atoms with Crippen molar-refractivity contribution in [2.75, 3.05) is 20.5 Å². The monoisotopic (exact) mass is 404 g/mol. The molecule has 0 saturated carbocycles. The van der Waals surface area contributed by atoms with Gasteiger partial charge in [-0.3, -0.25) is 0 Å². The molecule has 3 aromatic carbocycles. The van der Waals surface area contributed by atoms with Crippen LogP contribution in [-0.2, 0) is 9.84 Å². The fourth-order valence-corrected chi connectivity index (χ4v) is 3.50. The van der Waals surface area contributed by atoms with E-state index in [9.17, 15) is 17.2 Å². The Balaban J connectivity index is 2.22. The van der Waals surface area contributed by atoms with Gasteiger partial charge in [-0.2, -0.15) is 0 Å². The molecule has 0 aliphatic carbocycles. The molecule has 28 heavy (non-hydrogen) atoms. The Labute approximate surface area is 162 Å². The van der Waals surface area contributed by atoms with Gasteiger partial charge in [0.15, 0.2) is 21.5 Å². The zero-order valence-electron chi connectivity index (χ0n) is 15.5. The summed E-state index contributed by atoms with van der Waals surface area (Å²) in [4.78, 5) is 0.142. The third kappa shape index (κ3) is 3.99. The van der Waals surface area contributed by atoms with Crippen LogP contribution in [0.5, 0.6) is 11.5 Å². The molecule has 3 aromatic rings. The van der Waals surface area contributed by atoms with E-state index in [-0.39, 0.29) is 4.90 Å². The topological polar surface area (TPSA) is 52.6 Å². The Hall–Kier alpha value is -2.93. The number of ether oxygens (including phenoxy) is 2. The Morgan fingerprint density at radius 2 is 1.18 bits per heavy atom. The molecule has 0 aliphatic rings. The van der Waals surface area contributed by atoms with Gasteiger partial charge in [0.25, 0.3) is 0 Å². The number of hydrogen-bond acceptors (Lipinski definition) is 4. The molecular weight excluding hydrogens is 386 g/mol. The number of methoxy groups -OCH3 is 2. The lowest BCUT2D eigenvalue weighted by Crippen LogP contribution is -1.97. The highest BCUT2D eigenvalue weighted by Gasteiger charge is 2.16. The first kappa shape index (κ1) is 19.8. The van der Waals surface area contributed by atoms with Gasteiger partial charge in [0.05, 0.1) is 19.1 Å². The maximum Gasteiger partial charge on any atom is 0.175 e. The molecule has 0 amide bonds. The third-order valence-electron chi connectivity index (χ3n) is 4.32. The Morgan fingerprint density at radius 1 is 0.714 bits per heavy atom. The van der Waals surface area contributed by atoms with E-state index in [0.29, 0.717) is 33.8 Å². The Bertz CT molecular complexity index is 1100. The van der Waals surface area contributed by atoms with Crippen LogP contribution in [0.1, 0.15) is 0 Å². The summed E-state index contributed by atoms with van der Waals surface area (Å²) in [5.41, 5.74) is 1.94. The fraction of sp³-hybridized carbons (Fsp3) is 0.143. The highest BCUT2D eigenvalue weighted by Crippen LogP contribution is 2.37. The molecule has 0 atom stereocenters. The molecule has 7 heteroatoms. The van der Waals surface area contributed by atoms with Gasteiger partial charge in [-0.15, -0.1) is 0 Å². The van der Waals surface area contributed by atoms with Gasteiger partial charge < -0.3 is 9.47 Å². The molecule has 0 N–H and O–H groups in total. The highest BCUT2D eigenvalue weighted by molar-refractivity contribution is 7.90. The van der Waals surface area contributed by atoms with Crippen molar-refractivity contribution in [2.24, 2.45) is 0 Å². The van der Waals surface area contributed by atoms with Crippen molar-refractivity contribution < 1.29 is 26.7 Å². The quantitative estimate of drug-likeness (QED) is 0.618. The van der Waals surface area contributed by atoms with E-state index in [2.05, 4.69) is 0 Å². The molecule has 0 aromatic heterocycles. The van der Waals surface area contributed by atoms with Crippen LogP contribution in [0, 0.1) is 11.6 Å². The van der Waals surface area contributed by atoms with Crippen molar-refractivity contribution in [1.82, 2.24) is 0 Å². The van der Waals surface area contributed by atoms with E-state index >= 15 is 0 Å². The van der Waals surface area contributed by atoms with Gasteiger partial charge >= 0.3 is 0 Å². The number of hydrogen-bond donors (Lipinski definition) is 0. The summed E-state index contributed by atoms with van der Waals surface area (Å²) in [7, 11) is -0.375. The zero-order chi connectivity index (χ0) is 20.5. The minimum atomic E-state index is -3.36. The zero-order valence-corrected chi connectivity index (χ0v) is 16.3. The summed E-state index contributed by atoms with van der Waals surface area (Å²) in [6.07, 6.45) is 1.10. The summed E-state index contributed by atoms with van der Waals surface area (Å²) in [6.45, 7) is 0. The molecule has 0 heterocycles. The third-order valence-corrected chi connectivity index (χ3v) is 5.44. The lowest BCUT2D eigenvalue weighted by Gasteiger charge is -2.14. The maximum atomic E-state index is 14.0. The molecule has 0 unspecified atom stereocenters. The second-order valence-corrected chi connectivity index (χ2v) is 8.23. The molecule has 4 nitrogen and oxygen atoms in total. The number of benzene rings is 3. The Kier molecular flexibility index (Phi) is 5.38. The average molecular weight is 404 g/mol. The molecule has 0 fully saturated rings. The van der Waals surface area contributed by atoms with Crippen LogP contribution in [0.3, 0.4) is 0 Å². The normalized spacial score (nSPS) is 11.3. The number of halogens is 2. The Morgan fingerprint density at radius 3 is 1.61 bits per heavy atom. The second-order valence-electron chi connectivity index (χ2n) is 6.21. The van der Waals surface area contributed by atoms with Gasteiger partial charge in [-0.25, -0.2) is 17.2 Å². The minimum Gasteiger partial charge on any atom is -0.497 e. The molecule has 0 saturated heterocycles. The number of rotatable bonds is 5. The fourth-order valence-electron chi connectivity index (χ4n) is 2.87. The van der Waals surface area contributed by atoms with Crippen molar-refractivity contribution in [3.8, 4) is 33.8 Å². The van der Waals surface area contributed by atoms with E-state index in [1.165, 1.54) is 26.4 Å². The molecule has 0 bridgehead atoms. The van der Waals surface area contributed by atoms with E-state index in [1.54, 1.807) is 30.3 Å². The first-order valence-corrected chi connectivity index (χ1v) is 10.1. The first-order chi connectivity index (χ1) is 13.2. The predicted molar refractivity (Wildman–Crippen MR) is 103 cm³/mol. The first-order valence-electron chi connectivity index (χ1n) is 8.26. The highest BCUT2D eigenvalue weighted by atomic mass is 32.2. The summed E-state index contributed by atoms with van der Waals surface area (Å²) in [5.74, 6) is -0.996. The van der Waals surface area contributed by atoms with Crippen molar-refractivity contribution in [1.29, 1.82) is 0 Å². The van der Waals surface area contributed by atoms with Crippen molar-refractivity contribution in [2.45, 2.75) is 4.90 Å². The van der Waals surface area contributed by atoms with E-state index in [0.717, 1.165) is 18.4 Å². The number of sulfone groups is 1. The van der Waals surface area contributed by atoms with E-state index in [1.807, 2.05) is 0 Å². The minimum absolute atomic E-state index is 0.142. The van der Waals surface area contributed by atoms with E-state index in [4.69, 9.17) is 9.47 Å². The molecule has 0 spiro atoms. The second kappa shape index (κ2) is 7.59. The summed E-state index contributed by atoms with van der Waals surface area (Å²) < 4.78 is 61.9. The standard InChI is InChI=1S/C21H18F2O4S/c1-26-15-8-14(9-16(10-15)27-2)19-12-21(23)20(22)11-18(19)13-4-6-17(7-5-13)28(3,24)25/h4-12H,1-3H3. The van der Waals surface area contributed by atoms with Crippen LogP contribution < -0.4 is 9.47 Å². The van der Waals surface area contributed by atoms with E-state index < -0.39 is 21.5 Å². The van der Waals surface area contributed by atoms with Crippen molar-refractivity contribution in [3.05, 3.63) is 66.2 Å². The van der Waals surface area contributed by atoms with Crippen LogP contribution in [0.4, 0.5) is 8.78 Å². The van der Waals surface area contributed by atoms with Gasteiger partial charge in [-0.05, 0) is 58.7 Å². The van der Waals surface area contributed by atoms with Crippen LogP contribution in [-0.4, -0.2) is 28.9 Å². The summed E-state index contributed by atoms with van der Waals surface area (Å²) >= 11 is 0. The lowest BCUT2D eigenvalue weighted by atomic mass is 9.94. The van der Waals surface area contributed by atoms with Crippen LogP contribution in [0.25, 0.3) is 22.3 Å². The van der Waals surface area contributed by atoms with Gasteiger partial charge in [-0.1, -0.05) is 12.1 Å². The van der Waals surface area contributed by atoms with Crippen molar-refractivity contribution in [3.63, 3.8) is 0 Å². The SMILES string of the molecule is COc1cc(OC)cc(-c2cc(F)c(F)cc2-c2ccc(S(C)(=O)=O)cc2)c1. The lowest BCUT2D eigenvalue weighted by molar-refractivity contribution is 0.394. The molecule has 0 aliphatic heterocycles. The van der Waals surface area contributed by atoms with Crippen molar-refractivity contribution >= 4 is 9.84 Å². The molecule has 0 radical (unpaired) electrons. The smallest absolute Gasteiger partial charge is 0.175 e. The van der Waals surface area contributed by atoms with Gasteiger partial charge in [0.1, 0.15) is 11.5 Å². The summed E-state index contributed by atoms with van der Waals surface area (Å²) in [6, 6.07) is 13.2. The molecule has 3 rings (SSSR count). The van der Waals surface area contributed by atoms with Crippen LogP contribution >= 0.6 is 0 Å². The van der Waals surface area contributed by atoms with Gasteiger partial charge in [0, 0.05) is 12.3 Å². The largest absolute Gasteiger partial charge is 0.497 e. The average Bonchev–Trinajstić information content (AvgIpc) is 2.68. The predicted octanol–water partition coefficient (Wildman–Crippen LogP) is 4.72. The summed E-state index contributed by atoms with van der Waals surface area (Å²) in [5, 5.41) is 0. The van der Waals surface area contributed by atoms with Gasteiger partial charge in [0.2, 0.25) is 0 Å². The molecular formula is C21H18F2O4S. The maximum absolute atomic E-state index is 14.0. The van der Waals surface area contributed by atoms with Crippen LogP contribution in [0.2, 0.25) is 0 Å².